The van der Waals surface area contributed by atoms with Crippen LogP contribution in [0.1, 0.15) is 17.0 Å². The van der Waals surface area contributed by atoms with Crippen molar-refractivity contribution in [3.63, 3.8) is 0 Å². The van der Waals surface area contributed by atoms with Gasteiger partial charge in [-0.2, -0.15) is 14.9 Å². The second-order valence-electron chi connectivity index (χ2n) is 4.87. The largest absolute Gasteiger partial charge is 0.507 e. The topological polar surface area (TPSA) is 66.2 Å². The molecule has 2 aromatic carbocycles. The van der Waals surface area contributed by atoms with Gasteiger partial charge in [0.1, 0.15) is 5.75 Å². The maximum atomic E-state index is 9.52. The highest BCUT2D eigenvalue weighted by Crippen LogP contribution is 2.23. The van der Waals surface area contributed by atoms with Crippen LogP contribution in [0.3, 0.4) is 0 Å². The fourth-order valence-corrected chi connectivity index (χ4v) is 2.66. The lowest BCUT2D eigenvalue weighted by Crippen LogP contribution is -2.00. The van der Waals surface area contributed by atoms with Crippen molar-refractivity contribution < 1.29 is 5.11 Å². The Morgan fingerprint density at radius 1 is 1.26 bits per heavy atom. The number of hydrogen-bond acceptors (Lipinski definition) is 4. The molecule has 1 heterocycles. The Hall–Kier alpha value is -2.25. The van der Waals surface area contributed by atoms with Gasteiger partial charge in [0.15, 0.2) is 5.82 Å². The van der Waals surface area contributed by atoms with E-state index in [0.717, 1.165) is 17.0 Å². The number of aromatic nitrogens is 3. The molecule has 3 aromatic rings. The van der Waals surface area contributed by atoms with Crippen LogP contribution in [0.25, 0.3) is 0 Å². The number of rotatable bonds is 4. The average Bonchev–Trinajstić information content (AvgIpc) is 2.90. The van der Waals surface area contributed by atoms with Crippen LogP contribution in [0.2, 0.25) is 0 Å². The maximum Gasteiger partial charge on any atom is 0.216 e. The number of nitrogens with zero attached hydrogens (tertiary/aromatic N) is 3. The average molecular weight is 389 g/mol. The minimum atomic E-state index is 0.187. The van der Waals surface area contributed by atoms with Crippen LogP contribution < -0.4 is 0 Å². The van der Waals surface area contributed by atoms with E-state index in [1.54, 1.807) is 29.1 Å². The molecule has 0 bridgehead atoms. The van der Waals surface area contributed by atoms with E-state index >= 15 is 0 Å². The number of aromatic amines is 1. The summed E-state index contributed by atoms with van der Waals surface area (Å²) in [5.41, 5.74) is 1.97. The summed E-state index contributed by atoms with van der Waals surface area (Å²) in [4.78, 5) is 0. The van der Waals surface area contributed by atoms with Gasteiger partial charge in [0.25, 0.3) is 0 Å². The predicted octanol–water partition coefficient (Wildman–Crippen LogP) is 3.88. The van der Waals surface area contributed by atoms with Crippen molar-refractivity contribution in [3.05, 3.63) is 74.7 Å². The van der Waals surface area contributed by atoms with Crippen molar-refractivity contribution in [3.8, 4) is 5.75 Å². The molecule has 0 aliphatic carbocycles. The summed E-state index contributed by atoms with van der Waals surface area (Å²) in [6.07, 6.45) is 2.30. The van der Waals surface area contributed by atoms with Crippen LogP contribution in [0.5, 0.6) is 5.75 Å². The zero-order valence-electron chi connectivity index (χ0n) is 12.0. The molecule has 2 N–H and O–H groups in total. The predicted molar refractivity (Wildman–Crippen MR) is 95.5 cm³/mol. The quantitative estimate of drug-likeness (QED) is 0.526. The van der Waals surface area contributed by atoms with Gasteiger partial charge in [-0.15, -0.1) is 0 Å². The summed E-state index contributed by atoms with van der Waals surface area (Å²) in [7, 11) is 0. The third-order valence-corrected chi connectivity index (χ3v) is 4.12. The Balaban J connectivity index is 1.88. The van der Waals surface area contributed by atoms with E-state index in [4.69, 9.17) is 12.2 Å². The Labute approximate surface area is 146 Å². The van der Waals surface area contributed by atoms with E-state index in [2.05, 4.69) is 31.2 Å². The highest BCUT2D eigenvalue weighted by Gasteiger charge is 2.06. The normalized spacial score (nSPS) is 11.2. The molecule has 0 spiro atoms. The molecule has 0 radical (unpaired) electrons. The van der Waals surface area contributed by atoms with E-state index in [1.165, 1.54) is 0 Å². The number of benzene rings is 2. The number of H-pyrrole nitrogens is 1. The summed E-state index contributed by atoms with van der Waals surface area (Å²) in [5, 5.41) is 20.9. The van der Waals surface area contributed by atoms with Gasteiger partial charge in [-0.1, -0.05) is 30.3 Å². The van der Waals surface area contributed by atoms with Crippen LogP contribution in [-0.4, -0.2) is 26.2 Å². The fraction of sp³-hybridized carbons (Fsp3) is 0.0625. The molecule has 0 saturated carbocycles. The van der Waals surface area contributed by atoms with E-state index in [9.17, 15) is 5.11 Å². The molecule has 7 heteroatoms. The molecule has 3 rings (SSSR count). The first-order valence-corrected chi connectivity index (χ1v) is 8.07. The Morgan fingerprint density at radius 2 is 2.04 bits per heavy atom. The van der Waals surface area contributed by atoms with Crippen molar-refractivity contribution in [2.24, 2.45) is 5.10 Å². The highest BCUT2D eigenvalue weighted by molar-refractivity contribution is 9.10. The summed E-state index contributed by atoms with van der Waals surface area (Å²) in [5.74, 6) is 0.919. The van der Waals surface area contributed by atoms with Gasteiger partial charge < -0.3 is 5.11 Å². The van der Waals surface area contributed by atoms with E-state index in [-0.39, 0.29) is 5.75 Å². The van der Waals surface area contributed by atoms with Crippen LogP contribution in [-0.2, 0) is 6.42 Å². The zero-order valence-corrected chi connectivity index (χ0v) is 14.4. The van der Waals surface area contributed by atoms with E-state index < -0.39 is 0 Å². The number of phenols is 1. The standard InChI is InChI=1S/C16H13BrN4OS/c17-13-8-12(6-7-14(13)22)10-18-21-15(19-20-16(21)23)9-11-4-2-1-3-5-11/h1-8,10,22H,9H2,(H,20,23)/b18-10-. The molecule has 0 atom stereocenters. The molecular weight excluding hydrogens is 376 g/mol. The van der Waals surface area contributed by atoms with Crippen molar-refractivity contribution in [1.29, 1.82) is 0 Å². The van der Waals surface area contributed by atoms with Gasteiger partial charge in [-0.25, -0.2) is 0 Å². The van der Waals surface area contributed by atoms with Crippen LogP contribution in [0.15, 0.2) is 58.1 Å². The van der Waals surface area contributed by atoms with Crippen molar-refractivity contribution in [2.45, 2.75) is 6.42 Å². The summed E-state index contributed by atoms with van der Waals surface area (Å²) in [6.45, 7) is 0. The Kier molecular flexibility index (Phi) is 4.68. The SMILES string of the molecule is Oc1ccc(/C=N\n2c(Cc3ccccc3)n[nH]c2=S)cc1Br. The summed E-state index contributed by atoms with van der Waals surface area (Å²) in [6, 6.07) is 15.2. The van der Waals surface area contributed by atoms with Crippen LogP contribution in [0, 0.1) is 4.77 Å². The zero-order chi connectivity index (χ0) is 16.2. The number of nitrogens with one attached hydrogen (secondary N) is 1. The summed E-state index contributed by atoms with van der Waals surface area (Å²) < 4.78 is 2.65. The molecular formula is C16H13BrN4OS. The van der Waals surface area contributed by atoms with Crippen LogP contribution in [0.4, 0.5) is 0 Å². The minimum Gasteiger partial charge on any atom is -0.507 e. The smallest absolute Gasteiger partial charge is 0.216 e. The van der Waals surface area contributed by atoms with Gasteiger partial charge in [0.2, 0.25) is 4.77 Å². The molecule has 116 valence electrons. The lowest BCUT2D eigenvalue weighted by Gasteiger charge is -2.02. The lowest BCUT2D eigenvalue weighted by atomic mass is 10.1. The highest BCUT2D eigenvalue weighted by atomic mass is 79.9. The van der Waals surface area contributed by atoms with Gasteiger partial charge in [0.05, 0.1) is 10.7 Å². The first kappa shape index (κ1) is 15.6. The van der Waals surface area contributed by atoms with Crippen molar-refractivity contribution >= 4 is 34.4 Å². The second-order valence-corrected chi connectivity index (χ2v) is 6.12. The number of aromatic hydroxyl groups is 1. The third kappa shape index (κ3) is 3.75. The van der Waals surface area contributed by atoms with Crippen molar-refractivity contribution in [1.82, 2.24) is 14.9 Å². The monoisotopic (exact) mass is 388 g/mol. The third-order valence-electron chi connectivity index (χ3n) is 3.22. The second kappa shape index (κ2) is 6.89. The molecule has 0 saturated heterocycles. The van der Waals surface area contributed by atoms with Gasteiger partial charge in [-0.3, -0.25) is 5.10 Å². The molecule has 0 fully saturated rings. The van der Waals surface area contributed by atoms with Gasteiger partial charge >= 0.3 is 0 Å². The minimum absolute atomic E-state index is 0.187. The molecule has 0 aliphatic heterocycles. The summed E-state index contributed by atoms with van der Waals surface area (Å²) >= 11 is 8.51. The Morgan fingerprint density at radius 3 is 2.78 bits per heavy atom. The molecule has 0 amide bonds. The Bertz CT molecular complexity index is 902. The lowest BCUT2D eigenvalue weighted by molar-refractivity contribution is 0.472. The van der Waals surface area contributed by atoms with E-state index in [1.807, 2.05) is 30.3 Å². The van der Waals surface area contributed by atoms with Crippen molar-refractivity contribution in [2.75, 3.05) is 0 Å². The van der Waals surface area contributed by atoms with Gasteiger partial charge in [-0.05, 0) is 57.5 Å². The first-order valence-electron chi connectivity index (χ1n) is 6.86. The molecule has 0 unspecified atom stereocenters. The molecule has 5 nitrogen and oxygen atoms in total. The molecule has 1 aromatic heterocycles. The number of hydrogen-bond donors (Lipinski definition) is 2. The van der Waals surface area contributed by atoms with E-state index in [0.29, 0.717) is 15.7 Å². The molecule has 23 heavy (non-hydrogen) atoms. The number of halogens is 1. The number of phenolic OH excluding ortho intramolecular Hbond substituents is 1. The fourth-order valence-electron chi connectivity index (χ4n) is 2.06. The first-order chi connectivity index (χ1) is 11.1. The maximum absolute atomic E-state index is 9.52. The van der Waals surface area contributed by atoms with Crippen LogP contribution >= 0.6 is 28.1 Å². The van der Waals surface area contributed by atoms with Gasteiger partial charge in [0, 0.05) is 6.42 Å². The molecule has 0 aliphatic rings.